The molecule has 11 heavy (non-hydrogen) atoms. The van der Waals surface area contributed by atoms with Crippen LogP contribution in [0.25, 0.3) is 0 Å². The van der Waals surface area contributed by atoms with E-state index in [-0.39, 0.29) is 0 Å². The van der Waals surface area contributed by atoms with Gasteiger partial charge in [-0.1, -0.05) is 27.6 Å². The zero-order chi connectivity index (χ0) is 8.27. The van der Waals surface area contributed by atoms with E-state index in [0.717, 1.165) is 5.33 Å². The Morgan fingerprint density at radius 2 is 2.36 bits per heavy atom. The van der Waals surface area contributed by atoms with E-state index >= 15 is 0 Å². The Hall–Kier alpha value is 0.180. The summed E-state index contributed by atoms with van der Waals surface area (Å²) in [6.45, 7) is 4.26. The van der Waals surface area contributed by atoms with Crippen molar-refractivity contribution in [3.8, 4) is 0 Å². The summed E-state index contributed by atoms with van der Waals surface area (Å²) in [6, 6.07) is 0. The summed E-state index contributed by atoms with van der Waals surface area (Å²) in [5, 5.41) is 0.960. The van der Waals surface area contributed by atoms with Gasteiger partial charge in [-0.2, -0.15) is 0 Å². The van der Waals surface area contributed by atoms with Crippen LogP contribution in [0, 0.1) is 0 Å². The molecule has 1 heterocycles. The molecule has 0 aromatic heterocycles. The van der Waals surface area contributed by atoms with E-state index in [1.165, 1.54) is 18.4 Å². The van der Waals surface area contributed by atoms with Crippen LogP contribution < -0.4 is 0 Å². The summed E-state index contributed by atoms with van der Waals surface area (Å²) in [7, 11) is 0. The average Bonchev–Trinajstić information content (AvgIpc) is 2.35. The van der Waals surface area contributed by atoms with E-state index in [4.69, 9.17) is 4.74 Å². The Kier molecular flexibility index (Phi) is 3.60. The molecule has 0 N–H and O–H groups in total. The van der Waals surface area contributed by atoms with Gasteiger partial charge < -0.3 is 4.74 Å². The van der Waals surface area contributed by atoms with Crippen molar-refractivity contribution in [2.75, 3.05) is 5.33 Å². The molecular formula is C9H15BrO. The summed E-state index contributed by atoms with van der Waals surface area (Å²) in [5.41, 5.74) is 1.36. The van der Waals surface area contributed by atoms with E-state index in [1.54, 1.807) is 0 Å². The number of rotatable bonds is 2. The summed E-state index contributed by atoms with van der Waals surface area (Å²) in [5.74, 6) is 0. The first kappa shape index (κ1) is 9.27. The van der Waals surface area contributed by atoms with Crippen molar-refractivity contribution < 1.29 is 4.74 Å². The number of hydrogen-bond donors (Lipinski definition) is 0. The minimum Gasteiger partial charge on any atom is -0.371 e. The van der Waals surface area contributed by atoms with Gasteiger partial charge in [0.1, 0.15) is 0 Å². The van der Waals surface area contributed by atoms with Crippen LogP contribution in [-0.4, -0.2) is 17.5 Å². The van der Waals surface area contributed by atoms with Crippen LogP contribution in [0.1, 0.15) is 26.7 Å². The van der Waals surface area contributed by atoms with Crippen LogP contribution in [0.4, 0.5) is 0 Å². The summed E-state index contributed by atoms with van der Waals surface area (Å²) < 4.78 is 5.64. The maximum atomic E-state index is 5.64. The van der Waals surface area contributed by atoms with E-state index in [1.807, 2.05) is 0 Å². The van der Waals surface area contributed by atoms with Crippen molar-refractivity contribution in [3.63, 3.8) is 0 Å². The quantitative estimate of drug-likeness (QED) is 0.512. The molecule has 1 nitrogen and oxygen atoms in total. The van der Waals surface area contributed by atoms with E-state index in [2.05, 4.69) is 35.9 Å². The molecule has 2 atom stereocenters. The lowest BCUT2D eigenvalue weighted by atomic mass is 10.1. The van der Waals surface area contributed by atoms with Gasteiger partial charge in [0.15, 0.2) is 0 Å². The van der Waals surface area contributed by atoms with Crippen molar-refractivity contribution in [2.45, 2.75) is 38.9 Å². The number of ether oxygens (including phenoxy) is 1. The lowest BCUT2D eigenvalue weighted by molar-refractivity contribution is 0.0829. The highest BCUT2D eigenvalue weighted by atomic mass is 79.9. The lowest BCUT2D eigenvalue weighted by Crippen LogP contribution is -2.05. The standard InChI is InChI=1S/C9H15BrO/c1-7(6-10)5-9-4-3-8(2)11-9/h5,8-9H,3-4,6H2,1-2H3/b7-5-. The van der Waals surface area contributed by atoms with Gasteiger partial charge in [0, 0.05) is 5.33 Å². The average molecular weight is 219 g/mol. The Labute approximate surface area is 76.9 Å². The second-order valence-corrected chi connectivity index (χ2v) is 3.77. The normalized spacial score (nSPS) is 32.8. The zero-order valence-corrected chi connectivity index (χ0v) is 8.73. The number of halogens is 1. The molecule has 0 radical (unpaired) electrons. The van der Waals surface area contributed by atoms with Gasteiger partial charge in [-0.15, -0.1) is 0 Å². The second kappa shape index (κ2) is 4.27. The maximum Gasteiger partial charge on any atom is 0.0763 e. The minimum atomic E-state index is 0.377. The molecule has 0 saturated carbocycles. The summed E-state index contributed by atoms with van der Waals surface area (Å²) >= 11 is 3.41. The molecule has 1 aliphatic heterocycles. The summed E-state index contributed by atoms with van der Waals surface area (Å²) in [4.78, 5) is 0. The molecule has 1 rings (SSSR count). The highest BCUT2D eigenvalue weighted by molar-refractivity contribution is 9.09. The second-order valence-electron chi connectivity index (χ2n) is 3.21. The highest BCUT2D eigenvalue weighted by Crippen LogP contribution is 2.21. The molecule has 0 spiro atoms. The van der Waals surface area contributed by atoms with Crippen LogP contribution >= 0.6 is 15.9 Å². The lowest BCUT2D eigenvalue weighted by Gasteiger charge is -2.06. The third-order valence-electron chi connectivity index (χ3n) is 1.95. The highest BCUT2D eigenvalue weighted by Gasteiger charge is 2.19. The van der Waals surface area contributed by atoms with Crippen molar-refractivity contribution in [1.29, 1.82) is 0 Å². The van der Waals surface area contributed by atoms with Crippen LogP contribution in [-0.2, 0) is 4.74 Å². The van der Waals surface area contributed by atoms with Gasteiger partial charge in [0.25, 0.3) is 0 Å². The molecule has 0 aromatic carbocycles. The van der Waals surface area contributed by atoms with Crippen LogP contribution in [0.15, 0.2) is 11.6 Å². The maximum absolute atomic E-state index is 5.64. The first-order valence-corrected chi connectivity index (χ1v) is 5.23. The summed E-state index contributed by atoms with van der Waals surface area (Å²) in [6.07, 6.45) is 5.45. The van der Waals surface area contributed by atoms with Gasteiger partial charge in [-0.05, 0) is 26.7 Å². The fourth-order valence-electron chi connectivity index (χ4n) is 1.32. The van der Waals surface area contributed by atoms with Crippen molar-refractivity contribution >= 4 is 15.9 Å². The topological polar surface area (TPSA) is 9.23 Å². The minimum absolute atomic E-state index is 0.377. The van der Waals surface area contributed by atoms with E-state index < -0.39 is 0 Å². The molecule has 2 heteroatoms. The van der Waals surface area contributed by atoms with Gasteiger partial charge >= 0.3 is 0 Å². The fourth-order valence-corrected chi connectivity index (χ4v) is 1.50. The van der Waals surface area contributed by atoms with Crippen molar-refractivity contribution in [3.05, 3.63) is 11.6 Å². The smallest absolute Gasteiger partial charge is 0.0763 e. The molecule has 0 aromatic rings. The molecule has 0 aliphatic carbocycles. The monoisotopic (exact) mass is 218 g/mol. The van der Waals surface area contributed by atoms with Crippen molar-refractivity contribution in [2.24, 2.45) is 0 Å². The van der Waals surface area contributed by atoms with Crippen LogP contribution in [0.5, 0.6) is 0 Å². The zero-order valence-electron chi connectivity index (χ0n) is 7.14. The van der Waals surface area contributed by atoms with E-state index in [9.17, 15) is 0 Å². The van der Waals surface area contributed by atoms with Crippen LogP contribution in [0.2, 0.25) is 0 Å². The van der Waals surface area contributed by atoms with Gasteiger partial charge in [0.05, 0.1) is 12.2 Å². The number of alkyl halides is 1. The Balaban J connectivity index is 2.38. The predicted molar refractivity (Wildman–Crippen MR) is 51.1 cm³/mol. The van der Waals surface area contributed by atoms with E-state index in [0.29, 0.717) is 12.2 Å². The molecular weight excluding hydrogens is 204 g/mol. The third-order valence-corrected chi connectivity index (χ3v) is 2.83. The van der Waals surface area contributed by atoms with Gasteiger partial charge in [-0.3, -0.25) is 0 Å². The predicted octanol–water partition coefficient (Wildman–Crippen LogP) is 2.90. The molecule has 1 fully saturated rings. The molecule has 1 aliphatic rings. The molecule has 0 amide bonds. The molecule has 64 valence electrons. The van der Waals surface area contributed by atoms with Gasteiger partial charge in [-0.25, -0.2) is 0 Å². The van der Waals surface area contributed by atoms with Gasteiger partial charge in [0.2, 0.25) is 0 Å². The SMILES string of the molecule is C/C(=C/C1CCC(C)O1)CBr. The fraction of sp³-hybridized carbons (Fsp3) is 0.778. The number of allylic oxidation sites excluding steroid dienone is 1. The Bertz CT molecular complexity index is 154. The Morgan fingerprint density at radius 1 is 1.64 bits per heavy atom. The molecule has 2 unspecified atom stereocenters. The molecule has 0 bridgehead atoms. The Morgan fingerprint density at radius 3 is 2.82 bits per heavy atom. The third kappa shape index (κ3) is 2.96. The van der Waals surface area contributed by atoms with Crippen molar-refractivity contribution in [1.82, 2.24) is 0 Å². The first-order chi connectivity index (χ1) is 5.22. The van der Waals surface area contributed by atoms with Crippen LogP contribution in [0.3, 0.4) is 0 Å². The molecule has 1 saturated heterocycles. The number of hydrogen-bond acceptors (Lipinski definition) is 1. The largest absolute Gasteiger partial charge is 0.371 e. The first-order valence-electron chi connectivity index (χ1n) is 4.11.